The first-order valence-electron chi connectivity index (χ1n) is 4.28. The molecule has 0 aliphatic heterocycles. The van der Waals surface area contributed by atoms with E-state index in [-0.39, 0.29) is 11.9 Å². The molecule has 0 bridgehead atoms. The zero-order valence-corrected chi connectivity index (χ0v) is 8.24. The third-order valence-corrected chi connectivity index (χ3v) is 1.82. The molecule has 0 aromatic carbocycles. The Labute approximate surface area is 84.9 Å². The van der Waals surface area contributed by atoms with Crippen molar-refractivity contribution in [3.8, 4) is 0 Å². The average molecular weight is 207 g/mol. The van der Waals surface area contributed by atoms with Crippen LogP contribution < -0.4 is 5.32 Å². The number of rotatable bonds is 2. The van der Waals surface area contributed by atoms with Crippen molar-refractivity contribution in [3.05, 3.63) is 23.3 Å². The molecular formula is C8H9N5O2. The Balaban J connectivity index is 2.14. The van der Waals surface area contributed by atoms with E-state index in [2.05, 4.69) is 25.7 Å². The van der Waals surface area contributed by atoms with Crippen LogP contribution in [0.3, 0.4) is 0 Å². The molecule has 0 unspecified atom stereocenters. The number of aromatic nitrogens is 4. The highest BCUT2D eigenvalue weighted by atomic mass is 16.5. The van der Waals surface area contributed by atoms with Crippen molar-refractivity contribution in [2.24, 2.45) is 0 Å². The van der Waals surface area contributed by atoms with Crippen LogP contribution >= 0.6 is 0 Å². The molecule has 0 saturated carbocycles. The molecule has 78 valence electrons. The normalized spacial score (nSPS) is 10.3. The molecule has 2 heterocycles. The van der Waals surface area contributed by atoms with Gasteiger partial charge in [0.05, 0.1) is 6.20 Å². The molecule has 2 aromatic heterocycles. The Kier molecular flexibility index (Phi) is 2.20. The Hall–Kier alpha value is -2.18. The molecule has 2 aromatic rings. The Morgan fingerprint density at radius 3 is 2.87 bits per heavy atom. The number of amides is 1. The lowest BCUT2D eigenvalue weighted by Crippen LogP contribution is -2.13. The molecule has 2 N–H and O–H groups in total. The monoisotopic (exact) mass is 207 g/mol. The number of hydrogen-bond acceptors (Lipinski definition) is 5. The van der Waals surface area contributed by atoms with Gasteiger partial charge in [-0.3, -0.25) is 15.2 Å². The Morgan fingerprint density at radius 1 is 1.53 bits per heavy atom. The van der Waals surface area contributed by atoms with E-state index in [0.717, 1.165) is 0 Å². The highest BCUT2D eigenvalue weighted by Crippen LogP contribution is 2.08. The smallest absolute Gasteiger partial charge is 0.263 e. The summed E-state index contributed by atoms with van der Waals surface area (Å²) in [5.74, 6) is 0.984. The van der Waals surface area contributed by atoms with Crippen molar-refractivity contribution < 1.29 is 9.32 Å². The number of nitrogens with zero attached hydrogens (tertiary/aromatic N) is 3. The van der Waals surface area contributed by atoms with Crippen LogP contribution in [0, 0.1) is 13.8 Å². The van der Waals surface area contributed by atoms with Crippen molar-refractivity contribution in [1.82, 2.24) is 20.3 Å². The number of H-pyrrole nitrogens is 1. The molecule has 0 aliphatic rings. The number of nitrogens with one attached hydrogen (secondary N) is 2. The standard InChI is InChI=1S/C8H9N5O2/c1-4-6(3-9-15-4)7(14)11-8-10-5(2)12-13-8/h3H,1-2H3,(H2,10,11,12,13,14). The SMILES string of the molecule is Cc1nc(NC(=O)c2cnoc2C)n[nH]1. The lowest BCUT2D eigenvalue weighted by molar-refractivity contribution is 0.102. The molecule has 0 atom stereocenters. The second-order valence-corrected chi connectivity index (χ2v) is 2.99. The Bertz CT molecular complexity index is 487. The summed E-state index contributed by atoms with van der Waals surface area (Å²) in [5, 5.41) is 12.4. The van der Waals surface area contributed by atoms with Crippen molar-refractivity contribution in [2.45, 2.75) is 13.8 Å². The van der Waals surface area contributed by atoms with Gasteiger partial charge in [0, 0.05) is 0 Å². The van der Waals surface area contributed by atoms with Crippen LogP contribution in [0.15, 0.2) is 10.7 Å². The third-order valence-electron chi connectivity index (χ3n) is 1.82. The van der Waals surface area contributed by atoms with E-state index in [1.807, 2.05) is 0 Å². The maximum Gasteiger partial charge on any atom is 0.263 e. The number of carbonyl (C=O) groups is 1. The van der Waals surface area contributed by atoms with E-state index in [0.29, 0.717) is 17.1 Å². The van der Waals surface area contributed by atoms with Crippen LogP contribution in [-0.4, -0.2) is 26.2 Å². The maximum absolute atomic E-state index is 11.6. The van der Waals surface area contributed by atoms with Gasteiger partial charge in [0.15, 0.2) is 0 Å². The molecule has 7 nitrogen and oxygen atoms in total. The van der Waals surface area contributed by atoms with E-state index < -0.39 is 0 Å². The number of anilines is 1. The van der Waals surface area contributed by atoms with E-state index in [1.165, 1.54) is 6.20 Å². The topological polar surface area (TPSA) is 96.7 Å². The van der Waals surface area contributed by atoms with Gasteiger partial charge in [-0.1, -0.05) is 5.16 Å². The molecule has 7 heteroatoms. The largest absolute Gasteiger partial charge is 0.361 e. The summed E-state index contributed by atoms with van der Waals surface area (Å²) >= 11 is 0. The first kappa shape index (κ1) is 9.38. The summed E-state index contributed by atoms with van der Waals surface area (Å²) in [6.45, 7) is 3.40. The van der Waals surface area contributed by atoms with Crippen molar-refractivity contribution in [3.63, 3.8) is 0 Å². The predicted octanol–water partition coefficient (Wildman–Crippen LogP) is 0.662. The molecule has 0 saturated heterocycles. The van der Waals surface area contributed by atoms with Gasteiger partial charge in [0.1, 0.15) is 17.1 Å². The van der Waals surface area contributed by atoms with Gasteiger partial charge in [-0.25, -0.2) is 0 Å². The minimum absolute atomic E-state index is 0.234. The first-order valence-corrected chi connectivity index (χ1v) is 4.28. The highest BCUT2D eigenvalue weighted by Gasteiger charge is 2.14. The van der Waals surface area contributed by atoms with Crippen LogP contribution in [0.1, 0.15) is 21.9 Å². The molecule has 1 amide bonds. The summed E-state index contributed by atoms with van der Waals surface area (Å²) in [6, 6.07) is 0. The molecule has 0 spiro atoms. The zero-order valence-electron chi connectivity index (χ0n) is 8.24. The fraction of sp³-hybridized carbons (Fsp3) is 0.250. The minimum Gasteiger partial charge on any atom is -0.361 e. The van der Waals surface area contributed by atoms with E-state index in [4.69, 9.17) is 4.52 Å². The molecule has 15 heavy (non-hydrogen) atoms. The number of aryl methyl sites for hydroxylation is 2. The van der Waals surface area contributed by atoms with Crippen LogP contribution in [0.4, 0.5) is 5.95 Å². The molecule has 0 radical (unpaired) electrons. The molecular weight excluding hydrogens is 198 g/mol. The number of carbonyl (C=O) groups excluding carboxylic acids is 1. The minimum atomic E-state index is -0.340. The van der Waals surface area contributed by atoms with Gasteiger partial charge in [0.25, 0.3) is 5.91 Å². The Morgan fingerprint density at radius 2 is 2.33 bits per heavy atom. The lowest BCUT2D eigenvalue weighted by atomic mass is 10.2. The van der Waals surface area contributed by atoms with Crippen LogP contribution in [-0.2, 0) is 0 Å². The zero-order chi connectivity index (χ0) is 10.8. The molecule has 0 fully saturated rings. The van der Waals surface area contributed by atoms with Gasteiger partial charge in [-0.15, -0.1) is 5.10 Å². The van der Waals surface area contributed by atoms with Gasteiger partial charge in [-0.2, -0.15) is 4.98 Å². The number of aromatic amines is 1. The summed E-state index contributed by atoms with van der Waals surface area (Å²) in [4.78, 5) is 15.5. The summed E-state index contributed by atoms with van der Waals surface area (Å²) < 4.78 is 4.77. The van der Waals surface area contributed by atoms with E-state index in [9.17, 15) is 4.79 Å². The van der Waals surface area contributed by atoms with Crippen molar-refractivity contribution in [2.75, 3.05) is 5.32 Å². The van der Waals surface area contributed by atoms with Crippen LogP contribution in [0.2, 0.25) is 0 Å². The molecule has 2 rings (SSSR count). The van der Waals surface area contributed by atoms with Crippen molar-refractivity contribution in [1.29, 1.82) is 0 Å². The summed E-state index contributed by atoms with van der Waals surface area (Å²) in [5.41, 5.74) is 0.373. The van der Waals surface area contributed by atoms with Gasteiger partial charge >= 0.3 is 0 Å². The predicted molar refractivity (Wildman–Crippen MR) is 50.3 cm³/mol. The van der Waals surface area contributed by atoms with Gasteiger partial charge in [0.2, 0.25) is 5.95 Å². The van der Waals surface area contributed by atoms with Gasteiger partial charge < -0.3 is 4.52 Å². The van der Waals surface area contributed by atoms with E-state index >= 15 is 0 Å². The fourth-order valence-electron chi connectivity index (χ4n) is 1.08. The highest BCUT2D eigenvalue weighted by molar-refractivity contribution is 6.03. The first-order chi connectivity index (χ1) is 7.16. The van der Waals surface area contributed by atoms with E-state index in [1.54, 1.807) is 13.8 Å². The average Bonchev–Trinajstić information content (AvgIpc) is 2.75. The quantitative estimate of drug-likeness (QED) is 0.754. The summed E-state index contributed by atoms with van der Waals surface area (Å²) in [7, 11) is 0. The van der Waals surface area contributed by atoms with Crippen LogP contribution in [0.5, 0.6) is 0 Å². The third kappa shape index (κ3) is 1.85. The number of hydrogen-bond donors (Lipinski definition) is 2. The summed E-state index contributed by atoms with van der Waals surface area (Å²) in [6.07, 6.45) is 1.35. The molecule has 0 aliphatic carbocycles. The lowest BCUT2D eigenvalue weighted by Gasteiger charge is -1.96. The maximum atomic E-state index is 11.6. The van der Waals surface area contributed by atoms with Crippen LogP contribution in [0.25, 0.3) is 0 Å². The van der Waals surface area contributed by atoms with Gasteiger partial charge in [-0.05, 0) is 13.8 Å². The fourth-order valence-corrected chi connectivity index (χ4v) is 1.08. The van der Waals surface area contributed by atoms with Crippen molar-refractivity contribution >= 4 is 11.9 Å². The second kappa shape index (κ2) is 3.52. The second-order valence-electron chi connectivity index (χ2n) is 2.99.